The number of aliphatic hydroxyl groups excluding tert-OH is 1. The Morgan fingerprint density at radius 3 is 2.78 bits per heavy atom. The lowest BCUT2D eigenvalue weighted by molar-refractivity contribution is -0.134. The first kappa shape index (κ1) is 18.1. The molecular weight excluding hydrogens is 348 g/mol. The fourth-order valence-corrected chi connectivity index (χ4v) is 3.96. The maximum Gasteiger partial charge on any atom is 0.224 e. The van der Waals surface area contributed by atoms with Gasteiger partial charge in [-0.05, 0) is 32.8 Å². The topological polar surface area (TPSA) is 98.3 Å². The van der Waals surface area contributed by atoms with Crippen LogP contribution in [0.15, 0.2) is 0 Å². The number of rotatable bonds is 4. The minimum Gasteiger partial charge on any atom is -0.396 e. The predicted octanol–water partition coefficient (Wildman–Crippen LogP) is 0.332. The Labute approximate surface area is 157 Å². The SMILES string of the molecule is Cc1nn(Cc2nnc3n2CC2(CCN(C(=O)CCO)C2)OC3)c(C)c1C. The molecule has 1 N–H and O–H groups in total. The fraction of sp³-hybridized carbons (Fsp3) is 0.667. The van der Waals surface area contributed by atoms with Gasteiger partial charge in [0, 0.05) is 18.7 Å². The molecule has 0 radical (unpaired) electrons. The van der Waals surface area contributed by atoms with E-state index < -0.39 is 5.60 Å². The third-order valence-corrected chi connectivity index (χ3v) is 5.89. The van der Waals surface area contributed by atoms with Gasteiger partial charge in [0.25, 0.3) is 0 Å². The van der Waals surface area contributed by atoms with E-state index in [-0.39, 0.29) is 18.9 Å². The van der Waals surface area contributed by atoms with Gasteiger partial charge in [0.2, 0.25) is 5.91 Å². The summed E-state index contributed by atoms with van der Waals surface area (Å²) in [5.74, 6) is 1.65. The van der Waals surface area contributed by atoms with Gasteiger partial charge >= 0.3 is 0 Å². The first-order chi connectivity index (χ1) is 12.9. The van der Waals surface area contributed by atoms with Crippen LogP contribution >= 0.6 is 0 Å². The van der Waals surface area contributed by atoms with Crippen molar-refractivity contribution < 1.29 is 14.6 Å². The molecule has 1 spiro atoms. The van der Waals surface area contributed by atoms with Gasteiger partial charge < -0.3 is 19.3 Å². The summed E-state index contributed by atoms with van der Waals surface area (Å²) >= 11 is 0. The number of nitrogens with zero attached hydrogens (tertiary/aromatic N) is 6. The molecule has 1 amide bonds. The second kappa shape index (κ2) is 6.72. The molecule has 9 nitrogen and oxygen atoms in total. The number of aliphatic hydroxyl groups is 1. The highest BCUT2D eigenvalue weighted by Gasteiger charge is 2.44. The van der Waals surface area contributed by atoms with Crippen LogP contribution in [0.25, 0.3) is 0 Å². The Bertz CT molecular complexity index is 873. The molecule has 1 fully saturated rings. The van der Waals surface area contributed by atoms with Crippen molar-refractivity contribution in [3.8, 4) is 0 Å². The van der Waals surface area contributed by atoms with Crippen molar-refractivity contribution in [2.24, 2.45) is 0 Å². The summed E-state index contributed by atoms with van der Waals surface area (Å²) in [7, 11) is 0. The number of carbonyl (C=O) groups is 1. The molecule has 27 heavy (non-hydrogen) atoms. The molecule has 0 aromatic carbocycles. The molecule has 0 saturated carbocycles. The van der Waals surface area contributed by atoms with Crippen molar-refractivity contribution >= 4 is 5.91 Å². The van der Waals surface area contributed by atoms with Crippen molar-refractivity contribution in [3.63, 3.8) is 0 Å². The first-order valence-corrected chi connectivity index (χ1v) is 9.36. The van der Waals surface area contributed by atoms with Crippen LogP contribution in [-0.2, 0) is 29.2 Å². The molecule has 1 unspecified atom stereocenters. The van der Waals surface area contributed by atoms with E-state index in [1.807, 2.05) is 11.6 Å². The number of amides is 1. The number of carbonyl (C=O) groups excluding carboxylic acids is 1. The average Bonchev–Trinajstić information content (AvgIpc) is 3.31. The zero-order valence-electron chi connectivity index (χ0n) is 16.1. The Morgan fingerprint density at radius 1 is 1.26 bits per heavy atom. The Balaban J connectivity index is 1.54. The largest absolute Gasteiger partial charge is 0.396 e. The minimum atomic E-state index is -0.403. The standard InChI is InChI=1S/C18H26N6O3/c1-12-13(2)21-24(14(12)3)8-15-19-20-16-9-27-18(11-23(15)16)5-6-22(10-18)17(26)4-7-25/h25H,4-11H2,1-3H3. The summed E-state index contributed by atoms with van der Waals surface area (Å²) in [5, 5.41) is 22.3. The molecule has 9 heteroatoms. The van der Waals surface area contributed by atoms with Crippen LogP contribution in [0.2, 0.25) is 0 Å². The molecule has 4 heterocycles. The number of hydrogen-bond acceptors (Lipinski definition) is 6. The number of hydrogen-bond donors (Lipinski definition) is 1. The predicted molar refractivity (Wildman–Crippen MR) is 96.0 cm³/mol. The normalized spacial score (nSPS) is 21.9. The van der Waals surface area contributed by atoms with Crippen LogP contribution in [0.3, 0.4) is 0 Å². The van der Waals surface area contributed by atoms with E-state index in [9.17, 15) is 4.79 Å². The van der Waals surface area contributed by atoms with Gasteiger partial charge in [-0.1, -0.05) is 0 Å². The van der Waals surface area contributed by atoms with E-state index in [4.69, 9.17) is 9.84 Å². The van der Waals surface area contributed by atoms with Crippen molar-refractivity contribution in [2.75, 3.05) is 19.7 Å². The van der Waals surface area contributed by atoms with Crippen LogP contribution in [-0.4, -0.2) is 65.8 Å². The third-order valence-electron chi connectivity index (χ3n) is 5.89. The number of fused-ring (bicyclic) bond motifs is 1. The Morgan fingerprint density at radius 2 is 2.07 bits per heavy atom. The molecule has 4 rings (SSSR count). The lowest BCUT2D eigenvalue weighted by atomic mass is 10.0. The van der Waals surface area contributed by atoms with Crippen molar-refractivity contribution in [1.29, 1.82) is 0 Å². The van der Waals surface area contributed by atoms with Gasteiger partial charge in [0.1, 0.15) is 18.8 Å². The van der Waals surface area contributed by atoms with Gasteiger partial charge in [-0.3, -0.25) is 9.48 Å². The molecule has 1 atom stereocenters. The molecule has 2 aromatic heterocycles. The quantitative estimate of drug-likeness (QED) is 0.828. The van der Waals surface area contributed by atoms with Crippen molar-refractivity contribution in [1.82, 2.24) is 29.4 Å². The van der Waals surface area contributed by atoms with E-state index in [1.54, 1.807) is 4.90 Å². The van der Waals surface area contributed by atoms with E-state index in [0.717, 1.165) is 29.5 Å². The van der Waals surface area contributed by atoms with Crippen molar-refractivity contribution in [3.05, 3.63) is 28.6 Å². The zero-order valence-corrected chi connectivity index (χ0v) is 16.1. The van der Waals surface area contributed by atoms with Gasteiger partial charge in [0.15, 0.2) is 11.6 Å². The lowest BCUT2D eigenvalue weighted by Gasteiger charge is -2.34. The van der Waals surface area contributed by atoms with Crippen LogP contribution in [0.1, 0.15) is 41.4 Å². The summed E-state index contributed by atoms with van der Waals surface area (Å²) in [6.07, 6.45) is 0.941. The molecule has 0 bridgehead atoms. The van der Waals surface area contributed by atoms with E-state index in [1.165, 1.54) is 5.56 Å². The maximum absolute atomic E-state index is 12.1. The highest BCUT2D eigenvalue weighted by Crippen LogP contribution is 2.33. The molecule has 2 aromatic rings. The second-order valence-electron chi connectivity index (χ2n) is 7.58. The molecule has 146 valence electrons. The Kier molecular flexibility index (Phi) is 4.51. The van der Waals surface area contributed by atoms with Gasteiger partial charge in [-0.25, -0.2) is 0 Å². The maximum atomic E-state index is 12.1. The molecular formula is C18H26N6O3. The smallest absolute Gasteiger partial charge is 0.224 e. The van der Waals surface area contributed by atoms with E-state index in [0.29, 0.717) is 32.8 Å². The summed E-state index contributed by atoms with van der Waals surface area (Å²) in [6, 6.07) is 0. The Hall–Kier alpha value is -2.26. The van der Waals surface area contributed by atoms with Crippen LogP contribution < -0.4 is 0 Å². The molecule has 1 saturated heterocycles. The summed E-state index contributed by atoms with van der Waals surface area (Å²) in [6.45, 7) is 8.82. The van der Waals surface area contributed by atoms with Crippen LogP contribution in [0.5, 0.6) is 0 Å². The average molecular weight is 374 g/mol. The number of likely N-dealkylation sites (tertiary alicyclic amines) is 1. The second-order valence-corrected chi connectivity index (χ2v) is 7.58. The third kappa shape index (κ3) is 3.14. The number of aryl methyl sites for hydroxylation is 1. The number of ether oxygens (including phenoxy) is 1. The highest BCUT2D eigenvalue weighted by atomic mass is 16.5. The zero-order chi connectivity index (χ0) is 19.2. The van der Waals surface area contributed by atoms with E-state index >= 15 is 0 Å². The van der Waals surface area contributed by atoms with Crippen LogP contribution in [0.4, 0.5) is 0 Å². The number of aromatic nitrogens is 5. The minimum absolute atomic E-state index is 0.0223. The first-order valence-electron chi connectivity index (χ1n) is 9.36. The lowest BCUT2D eigenvalue weighted by Crippen LogP contribution is -2.45. The van der Waals surface area contributed by atoms with Crippen molar-refractivity contribution in [2.45, 2.75) is 58.9 Å². The molecule has 0 aliphatic carbocycles. The van der Waals surface area contributed by atoms with Gasteiger partial charge in [-0.2, -0.15) is 5.10 Å². The van der Waals surface area contributed by atoms with Gasteiger partial charge in [-0.15, -0.1) is 10.2 Å². The summed E-state index contributed by atoms with van der Waals surface area (Å²) in [5.41, 5.74) is 2.95. The molecule has 2 aliphatic heterocycles. The summed E-state index contributed by atoms with van der Waals surface area (Å²) < 4.78 is 10.2. The molecule has 2 aliphatic rings. The fourth-order valence-electron chi connectivity index (χ4n) is 3.96. The van der Waals surface area contributed by atoms with Gasteiger partial charge in [0.05, 0.1) is 25.4 Å². The van der Waals surface area contributed by atoms with Crippen LogP contribution in [0, 0.1) is 20.8 Å². The van der Waals surface area contributed by atoms with E-state index in [2.05, 4.69) is 33.7 Å². The highest BCUT2D eigenvalue weighted by molar-refractivity contribution is 5.76. The monoisotopic (exact) mass is 374 g/mol. The summed E-state index contributed by atoms with van der Waals surface area (Å²) in [4.78, 5) is 13.9.